The molecule has 0 radical (unpaired) electrons. The van der Waals surface area contributed by atoms with E-state index in [2.05, 4.69) is 56.1 Å². The van der Waals surface area contributed by atoms with Gasteiger partial charge in [0.1, 0.15) is 0 Å². The third-order valence-electron chi connectivity index (χ3n) is 3.81. The van der Waals surface area contributed by atoms with Crippen molar-refractivity contribution in [3.63, 3.8) is 0 Å². The van der Waals surface area contributed by atoms with Crippen molar-refractivity contribution in [3.8, 4) is 0 Å². The molecule has 0 aliphatic heterocycles. The summed E-state index contributed by atoms with van der Waals surface area (Å²) in [6.07, 6.45) is 1.48. The zero-order valence-corrected chi connectivity index (χ0v) is 13.5. The summed E-state index contributed by atoms with van der Waals surface area (Å²) in [6, 6.07) is 14.4. The molecule has 1 N–H and O–H groups in total. The third-order valence-corrected chi connectivity index (χ3v) is 5.02. The van der Waals surface area contributed by atoms with Crippen LogP contribution in [0.1, 0.15) is 22.8 Å². The van der Waals surface area contributed by atoms with E-state index in [1.54, 1.807) is 0 Å². The minimum absolute atomic E-state index is 0.267. The highest BCUT2D eigenvalue weighted by Crippen LogP contribution is 2.38. The van der Waals surface area contributed by atoms with E-state index in [0.717, 1.165) is 27.4 Å². The summed E-state index contributed by atoms with van der Waals surface area (Å²) < 4.78 is 1.97. The van der Waals surface area contributed by atoms with Gasteiger partial charge in [0.05, 0.1) is 6.10 Å². The van der Waals surface area contributed by atoms with E-state index in [-0.39, 0.29) is 5.92 Å². The number of benzene rings is 2. The van der Waals surface area contributed by atoms with Crippen molar-refractivity contribution in [2.45, 2.75) is 18.9 Å². The van der Waals surface area contributed by atoms with Crippen LogP contribution in [0.25, 0.3) is 0 Å². The maximum Gasteiger partial charge on any atom is 0.0835 e. The second-order valence-corrected chi connectivity index (χ2v) is 6.82. The lowest BCUT2D eigenvalue weighted by molar-refractivity contribution is 0.112. The Morgan fingerprint density at radius 2 is 1.63 bits per heavy atom. The molecule has 3 rings (SSSR count). The van der Waals surface area contributed by atoms with Gasteiger partial charge in [-0.15, -0.1) is 0 Å². The lowest BCUT2D eigenvalue weighted by Gasteiger charge is -2.19. The first-order valence-corrected chi connectivity index (χ1v) is 7.93. The van der Waals surface area contributed by atoms with E-state index in [1.165, 1.54) is 11.1 Å². The van der Waals surface area contributed by atoms with Crippen molar-refractivity contribution in [1.82, 2.24) is 0 Å². The molecule has 1 aliphatic rings. The highest BCUT2D eigenvalue weighted by Gasteiger charge is 2.29. The number of aliphatic hydroxyl groups excluding tert-OH is 1. The molecule has 0 saturated carbocycles. The first kappa shape index (κ1) is 13.3. The highest BCUT2D eigenvalue weighted by atomic mass is 79.9. The van der Waals surface area contributed by atoms with E-state index >= 15 is 0 Å². The zero-order chi connectivity index (χ0) is 13.4. The van der Waals surface area contributed by atoms with E-state index in [1.807, 2.05) is 18.2 Å². The molecule has 3 heteroatoms. The molecule has 1 nitrogen and oxygen atoms in total. The summed E-state index contributed by atoms with van der Waals surface area (Å²) in [4.78, 5) is 0. The molecule has 0 aromatic heterocycles. The van der Waals surface area contributed by atoms with Crippen molar-refractivity contribution in [2.24, 2.45) is 5.92 Å². The molecular weight excluding hydrogens is 368 g/mol. The SMILES string of the molecule is OC(c1cc(Br)ccc1Br)C1Cc2ccccc2C1. The summed E-state index contributed by atoms with van der Waals surface area (Å²) in [5.74, 6) is 0.267. The molecule has 2 aromatic rings. The van der Waals surface area contributed by atoms with Crippen molar-refractivity contribution in [2.75, 3.05) is 0 Å². The van der Waals surface area contributed by atoms with Gasteiger partial charge in [-0.05, 0) is 53.6 Å². The van der Waals surface area contributed by atoms with E-state index in [9.17, 15) is 5.11 Å². The molecule has 1 aliphatic carbocycles. The van der Waals surface area contributed by atoms with E-state index < -0.39 is 6.10 Å². The van der Waals surface area contributed by atoms with Gasteiger partial charge < -0.3 is 5.11 Å². The molecular formula is C16H14Br2O. The van der Waals surface area contributed by atoms with Gasteiger partial charge in [0.25, 0.3) is 0 Å². The van der Waals surface area contributed by atoms with Gasteiger partial charge in [-0.1, -0.05) is 56.1 Å². The first-order chi connectivity index (χ1) is 9.15. The van der Waals surface area contributed by atoms with Gasteiger partial charge in [0, 0.05) is 8.95 Å². The normalized spacial score (nSPS) is 16.4. The van der Waals surface area contributed by atoms with Crippen LogP contribution in [-0.2, 0) is 12.8 Å². The Kier molecular flexibility index (Phi) is 3.79. The first-order valence-electron chi connectivity index (χ1n) is 6.35. The van der Waals surface area contributed by atoms with Gasteiger partial charge in [-0.2, -0.15) is 0 Å². The molecule has 2 aromatic carbocycles. The molecule has 19 heavy (non-hydrogen) atoms. The molecule has 0 fully saturated rings. The number of hydrogen-bond acceptors (Lipinski definition) is 1. The monoisotopic (exact) mass is 380 g/mol. The maximum absolute atomic E-state index is 10.6. The van der Waals surface area contributed by atoms with Crippen molar-refractivity contribution in [1.29, 1.82) is 0 Å². The minimum Gasteiger partial charge on any atom is -0.388 e. The summed E-state index contributed by atoms with van der Waals surface area (Å²) in [7, 11) is 0. The van der Waals surface area contributed by atoms with Crippen LogP contribution >= 0.6 is 31.9 Å². The van der Waals surface area contributed by atoms with Crippen LogP contribution in [0, 0.1) is 5.92 Å². The molecule has 0 heterocycles. The topological polar surface area (TPSA) is 20.2 Å². The van der Waals surface area contributed by atoms with Gasteiger partial charge in [-0.25, -0.2) is 0 Å². The summed E-state index contributed by atoms with van der Waals surface area (Å²) in [6.45, 7) is 0. The van der Waals surface area contributed by atoms with Crippen LogP contribution in [0.5, 0.6) is 0 Å². The van der Waals surface area contributed by atoms with Crippen LogP contribution in [0.4, 0.5) is 0 Å². The standard InChI is InChI=1S/C16H14Br2O/c17-13-5-6-15(18)14(9-13)16(19)12-7-10-3-1-2-4-11(10)8-12/h1-6,9,12,16,19H,7-8H2. The third kappa shape index (κ3) is 2.64. The van der Waals surface area contributed by atoms with Gasteiger partial charge >= 0.3 is 0 Å². The molecule has 0 amide bonds. The zero-order valence-electron chi connectivity index (χ0n) is 10.3. The Balaban J connectivity index is 1.87. The Bertz CT molecular complexity index is 584. The van der Waals surface area contributed by atoms with Gasteiger partial charge in [0.15, 0.2) is 0 Å². The van der Waals surface area contributed by atoms with Crippen molar-refractivity contribution < 1.29 is 5.11 Å². The second kappa shape index (κ2) is 5.39. The largest absolute Gasteiger partial charge is 0.388 e. The number of aliphatic hydroxyl groups is 1. The molecule has 0 saturated heterocycles. The number of hydrogen-bond donors (Lipinski definition) is 1. The van der Waals surface area contributed by atoms with E-state index in [0.29, 0.717) is 0 Å². The van der Waals surface area contributed by atoms with Crippen LogP contribution < -0.4 is 0 Å². The lowest BCUT2D eigenvalue weighted by atomic mass is 9.93. The fraction of sp³-hybridized carbons (Fsp3) is 0.250. The Labute approximate surface area is 129 Å². The van der Waals surface area contributed by atoms with Crippen LogP contribution in [-0.4, -0.2) is 5.11 Å². The average molecular weight is 382 g/mol. The molecule has 0 spiro atoms. The molecule has 1 atom stereocenters. The highest BCUT2D eigenvalue weighted by molar-refractivity contribution is 9.11. The fourth-order valence-electron chi connectivity index (χ4n) is 2.81. The molecule has 0 bridgehead atoms. The predicted molar refractivity (Wildman–Crippen MR) is 84.1 cm³/mol. The lowest BCUT2D eigenvalue weighted by Crippen LogP contribution is -2.13. The van der Waals surface area contributed by atoms with Crippen molar-refractivity contribution in [3.05, 3.63) is 68.1 Å². The summed E-state index contributed by atoms with van der Waals surface area (Å²) in [5, 5.41) is 10.6. The molecule has 1 unspecified atom stereocenters. The van der Waals surface area contributed by atoms with Crippen LogP contribution in [0.3, 0.4) is 0 Å². The van der Waals surface area contributed by atoms with Crippen LogP contribution in [0.2, 0.25) is 0 Å². The number of rotatable bonds is 2. The Morgan fingerprint density at radius 3 is 2.26 bits per heavy atom. The quantitative estimate of drug-likeness (QED) is 0.801. The Morgan fingerprint density at radius 1 is 1.00 bits per heavy atom. The minimum atomic E-state index is -0.431. The average Bonchev–Trinajstić information content (AvgIpc) is 2.84. The summed E-state index contributed by atoms with van der Waals surface area (Å²) in [5.41, 5.74) is 3.71. The molecule has 98 valence electrons. The predicted octanol–water partition coefficient (Wildman–Crippen LogP) is 4.66. The van der Waals surface area contributed by atoms with Gasteiger partial charge in [-0.3, -0.25) is 0 Å². The van der Waals surface area contributed by atoms with Gasteiger partial charge in [0.2, 0.25) is 0 Å². The summed E-state index contributed by atoms with van der Waals surface area (Å²) >= 11 is 7.00. The maximum atomic E-state index is 10.6. The van der Waals surface area contributed by atoms with Crippen molar-refractivity contribution >= 4 is 31.9 Å². The number of halogens is 2. The fourth-order valence-corrected chi connectivity index (χ4v) is 3.67. The van der Waals surface area contributed by atoms with E-state index in [4.69, 9.17) is 0 Å². The number of fused-ring (bicyclic) bond motifs is 1. The second-order valence-electron chi connectivity index (χ2n) is 5.05. The smallest absolute Gasteiger partial charge is 0.0835 e. The van der Waals surface area contributed by atoms with Crippen LogP contribution in [0.15, 0.2) is 51.4 Å². The Hall–Kier alpha value is -0.640.